The zero-order chi connectivity index (χ0) is 22.1. The van der Waals surface area contributed by atoms with Crippen LogP contribution in [0.2, 0.25) is 0 Å². The number of amides is 2. The molecule has 1 fully saturated rings. The molecule has 3 rings (SSSR count). The molecule has 9 nitrogen and oxygen atoms in total. The summed E-state index contributed by atoms with van der Waals surface area (Å²) < 4.78 is 5.66. The third kappa shape index (κ3) is 6.91. The molecule has 31 heavy (non-hydrogen) atoms. The van der Waals surface area contributed by atoms with Gasteiger partial charge in [0.05, 0.1) is 11.1 Å². The number of hydrogen-bond donors (Lipinski definition) is 2. The van der Waals surface area contributed by atoms with Crippen molar-refractivity contribution >= 4 is 23.7 Å². The summed E-state index contributed by atoms with van der Waals surface area (Å²) >= 11 is 0. The van der Waals surface area contributed by atoms with Crippen LogP contribution < -0.4 is 15.5 Å². The molecule has 0 unspecified atom stereocenters. The number of non-ortho nitro benzene ring substituents is 1. The first-order valence-electron chi connectivity index (χ1n) is 10.1. The molecule has 0 aliphatic heterocycles. The lowest BCUT2D eigenvalue weighted by Crippen LogP contribution is -2.44. The molecular weight excluding hydrogens is 400 g/mol. The second-order valence-electron chi connectivity index (χ2n) is 7.29. The predicted octanol–water partition coefficient (Wildman–Crippen LogP) is 3.07. The standard InChI is InChI=1S/C22H24N4O5/c27-21(24-18-4-2-1-3-5-18)22(28)25-23-14-16-8-12-20(13-9-16)31-15-17-6-10-19(11-7-17)26(29)30/h6-14,18H,1-5,15H2,(H,24,27)(H,25,28)/b23-14-. The first-order chi connectivity index (χ1) is 15.0. The largest absolute Gasteiger partial charge is 0.489 e. The van der Waals surface area contributed by atoms with E-state index in [9.17, 15) is 19.7 Å². The van der Waals surface area contributed by atoms with Crippen molar-refractivity contribution in [2.45, 2.75) is 44.8 Å². The molecule has 2 amide bonds. The maximum absolute atomic E-state index is 11.9. The number of nitro benzene ring substituents is 1. The number of nitrogens with one attached hydrogen (secondary N) is 2. The molecule has 0 radical (unpaired) electrons. The summed E-state index contributed by atoms with van der Waals surface area (Å²) in [6.45, 7) is 0.275. The lowest BCUT2D eigenvalue weighted by molar-refractivity contribution is -0.384. The van der Waals surface area contributed by atoms with Gasteiger partial charge in [0.25, 0.3) is 5.69 Å². The van der Waals surface area contributed by atoms with E-state index in [1.165, 1.54) is 24.8 Å². The topological polar surface area (TPSA) is 123 Å². The lowest BCUT2D eigenvalue weighted by atomic mass is 9.95. The fourth-order valence-electron chi connectivity index (χ4n) is 3.24. The fourth-order valence-corrected chi connectivity index (χ4v) is 3.24. The van der Waals surface area contributed by atoms with Crippen molar-refractivity contribution in [2.24, 2.45) is 5.10 Å². The highest BCUT2D eigenvalue weighted by molar-refractivity contribution is 6.35. The lowest BCUT2D eigenvalue weighted by Gasteiger charge is -2.22. The van der Waals surface area contributed by atoms with E-state index in [1.807, 2.05) is 0 Å². The summed E-state index contributed by atoms with van der Waals surface area (Å²) in [5, 5.41) is 17.2. The normalized spacial score (nSPS) is 14.2. The van der Waals surface area contributed by atoms with Gasteiger partial charge in [0, 0.05) is 18.2 Å². The number of benzene rings is 2. The van der Waals surface area contributed by atoms with E-state index < -0.39 is 16.7 Å². The van der Waals surface area contributed by atoms with Crippen molar-refractivity contribution in [3.8, 4) is 5.75 Å². The molecular formula is C22H24N4O5. The number of hydrazone groups is 1. The Kier molecular flexibility index (Phi) is 7.69. The molecule has 1 aliphatic rings. The first kappa shape index (κ1) is 21.9. The molecule has 0 saturated heterocycles. The Morgan fingerprint density at radius 2 is 1.71 bits per heavy atom. The molecule has 2 aromatic rings. The average Bonchev–Trinajstić information content (AvgIpc) is 2.79. The van der Waals surface area contributed by atoms with E-state index in [2.05, 4.69) is 15.8 Å². The van der Waals surface area contributed by atoms with Crippen LogP contribution in [-0.2, 0) is 16.2 Å². The smallest absolute Gasteiger partial charge is 0.329 e. The van der Waals surface area contributed by atoms with Gasteiger partial charge in [0.2, 0.25) is 0 Å². The van der Waals surface area contributed by atoms with Crippen molar-refractivity contribution in [1.82, 2.24) is 10.7 Å². The third-order valence-corrected chi connectivity index (χ3v) is 4.96. The van der Waals surface area contributed by atoms with E-state index in [4.69, 9.17) is 4.74 Å². The zero-order valence-electron chi connectivity index (χ0n) is 17.0. The second kappa shape index (κ2) is 10.9. The minimum atomic E-state index is -0.787. The summed E-state index contributed by atoms with van der Waals surface area (Å²) in [6, 6.07) is 13.2. The van der Waals surface area contributed by atoms with Gasteiger partial charge in [-0.05, 0) is 60.4 Å². The number of ether oxygens (including phenoxy) is 1. The van der Waals surface area contributed by atoms with Gasteiger partial charge in [0.1, 0.15) is 12.4 Å². The summed E-state index contributed by atoms with van der Waals surface area (Å²) in [5.41, 5.74) is 3.80. The summed E-state index contributed by atoms with van der Waals surface area (Å²) in [6.07, 6.45) is 6.55. The van der Waals surface area contributed by atoms with Crippen LogP contribution in [0.5, 0.6) is 5.75 Å². The predicted molar refractivity (Wildman–Crippen MR) is 115 cm³/mol. The van der Waals surface area contributed by atoms with E-state index >= 15 is 0 Å². The van der Waals surface area contributed by atoms with Gasteiger partial charge in [0.15, 0.2) is 0 Å². The number of hydrogen-bond acceptors (Lipinski definition) is 6. The number of carbonyl (C=O) groups is 2. The van der Waals surface area contributed by atoms with Crippen molar-refractivity contribution in [3.05, 3.63) is 69.8 Å². The van der Waals surface area contributed by atoms with E-state index in [-0.39, 0.29) is 18.3 Å². The Balaban J connectivity index is 1.42. The zero-order valence-corrected chi connectivity index (χ0v) is 17.0. The maximum Gasteiger partial charge on any atom is 0.329 e. The quantitative estimate of drug-likeness (QED) is 0.306. The van der Waals surface area contributed by atoms with Crippen LogP contribution in [0.25, 0.3) is 0 Å². The molecule has 9 heteroatoms. The van der Waals surface area contributed by atoms with E-state index in [0.717, 1.165) is 36.8 Å². The van der Waals surface area contributed by atoms with Gasteiger partial charge in [-0.1, -0.05) is 19.3 Å². The fraction of sp³-hybridized carbons (Fsp3) is 0.318. The minimum Gasteiger partial charge on any atom is -0.489 e. The second-order valence-corrected chi connectivity index (χ2v) is 7.29. The average molecular weight is 424 g/mol. The van der Waals surface area contributed by atoms with Crippen molar-refractivity contribution in [2.75, 3.05) is 0 Å². The monoisotopic (exact) mass is 424 g/mol. The first-order valence-corrected chi connectivity index (χ1v) is 10.1. The summed E-state index contributed by atoms with van der Waals surface area (Å²) in [7, 11) is 0. The molecule has 162 valence electrons. The van der Waals surface area contributed by atoms with Gasteiger partial charge < -0.3 is 10.1 Å². The highest BCUT2D eigenvalue weighted by atomic mass is 16.6. The molecule has 0 aromatic heterocycles. The Morgan fingerprint density at radius 3 is 2.35 bits per heavy atom. The third-order valence-electron chi connectivity index (χ3n) is 4.96. The summed E-state index contributed by atoms with van der Waals surface area (Å²) in [5.74, 6) is -0.838. The Hall–Kier alpha value is -3.75. The van der Waals surface area contributed by atoms with Gasteiger partial charge in [-0.25, -0.2) is 5.43 Å². The molecule has 1 aliphatic carbocycles. The van der Waals surface area contributed by atoms with Crippen molar-refractivity contribution in [3.63, 3.8) is 0 Å². The SMILES string of the molecule is O=C(N/N=C\c1ccc(OCc2ccc([N+](=O)[O-])cc2)cc1)C(=O)NC1CCCCC1. The number of nitrogens with zero attached hydrogens (tertiary/aromatic N) is 2. The van der Waals surface area contributed by atoms with Crippen LogP contribution in [-0.4, -0.2) is 29.0 Å². The Labute approximate surface area is 179 Å². The van der Waals surface area contributed by atoms with Crippen LogP contribution in [0, 0.1) is 10.1 Å². The van der Waals surface area contributed by atoms with Crippen LogP contribution in [0.15, 0.2) is 53.6 Å². The van der Waals surface area contributed by atoms with Crippen molar-refractivity contribution in [1.29, 1.82) is 0 Å². The number of carbonyl (C=O) groups excluding carboxylic acids is 2. The molecule has 1 saturated carbocycles. The van der Waals surface area contributed by atoms with Crippen LogP contribution in [0.4, 0.5) is 5.69 Å². The van der Waals surface area contributed by atoms with Crippen molar-refractivity contribution < 1.29 is 19.2 Å². The van der Waals surface area contributed by atoms with Gasteiger partial charge in [-0.3, -0.25) is 19.7 Å². The van der Waals surface area contributed by atoms with Crippen LogP contribution >= 0.6 is 0 Å². The number of nitro groups is 1. The van der Waals surface area contributed by atoms with Gasteiger partial charge in [-0.2, -0.15) is 5.10 Å². The highest BCUT2D eigenvalue weighted by Crippen LogP contribution is 2.17. The Morgan fingerprint density at radius 1 is 1.03 bits per heavy atom. The highest BCUT2D eigenvalue weighted by Gasteiger charge is 2.19. The van der Waals surface area contributed by atoms with E-state index in [1.54, 1.807) is 36.4 Å². The van der Waals surface area contributed by atoms with Crippen LogP contribution in [0.1, 0.15) is 43.2 Å². The van der Waals surface area contributed by atoms with E-state index in [0.29, 0.717) is 5.75 Å². The molecule has 0 bridgehead atoms. The van der Waals surface area contributed by atoms with Crippen LogP contribution in [0.3, 0.4) is 0 Å². The number of rotatable bonds is 7. The maximum atomic E-state index is 11.9. The molecule has 0 heterocycles. The van der Waals surface area contributed by atoms with Gasteiger partial charge in [-0.15, -0.1) is 0 Å². The summed E-state index contributed by atoms with van der Waals surface area (Å²) in [4.78, 5) is 34.0. The molecule has 2 N–H and O–H groups in total. The molecule has 0 spiro atoms. The Bertz CT molecular complexity index is 935. The molecule has 0 atom stereocenters. The molecule has 2 aromatic carbocycles. The minimum absolute atomic E-state index is 0.0333. The van der Waals surface area contributed by atoms with Gasteiger partial charge >= 0.3 is 11.8 Å².